The van der Waals surface area contributed by atoms with Crippen LogP contribution in [-0.4, -0.2) is 29.5 Å². The fraction of sp³-hybridized carbons (Fsp3) is 0.118. The van der Waals surface area contributed by atoms with Crippen LogP contribution in [0.1, 0.15) is 0 Å². The van der Waals surface area contributed by atoms with Crippen molar-refractivity contribution < 1.29 is 29.2 Å². The van der Waals surface area contributed by atoms with Crippen molar-refractivity contribution in [2.75, 3.05) is 14.2 Å². The van der Waals surface area contributed by atoms with E-state index >= 15 is 0 Å². The molecule has 0 unspecified atom stereocenters. The Morgan fingerprint density at radius 3 is 2.38 bits per heavy atom. The summed E-state index contributed by atoms with van der Waals surface area (Å²) in [5, 5.41) is 29.3. The molecule has 3 N–H and O–H groups in total. The second-order valence-electron chi connectivity index (χ2n) is 5.02. The third kappa shape index (κ3) is 2.26. The molecule has 0 spiro atoms. The molecule has 1 aromatic heterocycles. The van der Waals surface area contributed by atoms with Crippen molar-refractivity contribution in [3.05, 3.63) is 40.8 Å². The van der Waals surface area contributed by atoms with Crippen LogP contribution in [0.15, 0.2) is 39.7 Å². The number of ether oxygens (including phenoxy) is 2. The maximum Gasteiger partial charge on any atom is 0.204 e. The smallest absolute Gasteiger partial charge is 0.204 e. The number of rotatable bonds is 3. The fourth-order valence-corrected chi connectivity index (χ4v) is 2.47. The lowest BCUT2D eigenvalue weighted by Gasteiger charge is -2.11. The highest BCUT2D eigenvalue weighted by atomic mass is 16.5. The Morgan fingerprint density at radius 1 is 1.00 bits per heavy atom. The van der Waals surface area contributed by atoms with Crippen molar-refractivity contribution in [1.82, 2.24) is 0 Å². The second kappa shape index (κ2) is 5.69. The van der Waals surface area contributed by atoms with E-state index in [1.165, 1.54) is 44.7 Å². The molecule has 3 aromatic rings. The van der Waals surface area contributed by atoms with Crippen molar-refractivity contribution in [1.29, 1.82) is 0 Å². The molecule has 0 aliphatic carbocycles. The van der Waals surface area contributed by atoms with Crippen LogP contribution >= 0.6 is 0 Å². The van der Waals surface area contributed by atoms with Gasteiger partial charge < -0.3 is 29.2 Å². The topological polar surface area (TPSA) is 109 Å². The number of methoxy groups -OCH3 is 2. The van der Waals surface area contributed by atoms with Gasteiger partial charge in [-0.3, -0.25) is 4.79 Å². The van der Waals surface area contributed by atoms with E-state index < -0.39 is 11.2 Å². The van der Waals surface area contributed by atoms with Crippen molar-refractivity contribution in [3.8, 4) is 39.9 Å². The summed E-state index contributed by atoms with van der Waals surface area (Å²) in [6.07, 6.45) is 1.21. The zero-order valence-corrected chi connectivity index (χ0v) is 12.9. The molecule has 7 heteroatoms. The van der Waals surface area contributed by atoms with Gasteiger partial charge in [-0.05, 0) is 17.7 Å². The molecule has 0 bridgehead atoms. The van der Waals surface area contributed by atoms with Gasteiger partial charge in [0.2, 0.25) is 11.2 Å². The predicted molar refractivity (Wildman–Crippen MR) is 86.0 cm³/mol. The van der Waals surface area contributed by atoms with E-state index in [4.69, 9.17) is 13.9 Å². The van der Waals surface area contributed by atoms with Gasteiger partial charge in [0.1, 0.15) is 17.2 Å². The molecule has 0 saturated heterocycles. The van der Waals surface area contributed by atoms with Gasteiger partial charge in [-0.2, -0.15) is 0 Å². The normalized spacial score (nSPS) is 10.8. The highest BCUT2D eigenvalue weighted by Crippen LogP contribution is 2.42. The minimum Gasteiger partial charge on any atom is -0.504 e. The first-order chi connectivity index (χ1) is 11.5. The van der Waals surface area contributed by atoms with Crippen LogP contribution in [0.25, 0.3) is 22.1 Å². The summed E-state index contributed by atoms with van der Waals surface area (Å²) in [5.41, 5.74) is 0.0529. The van der Waals surface area contributed by atoms with E-state index in [-0.39, 0.29) is 39.5 Å². The van der Waals surface area contributed by atoms with Gasteiger partial charge in [-0.15, -0.1) is 0 Å². The van der Waals surface area contributed by atoms with E-state index in [0.29, 0.717) is 5.56 Å². The lowest BCUT2D eigenvalue weighted by atomic mass is 10.0. The fourth-order valence-electron chi connectivity index (χ4n) is 2.47. The van der Waals surface area contributed by atoms with Crippen LogP contribution in [0.4, 0.5) is 0 Å². The monoisotopic (exact) mass is 330 g/mol. The first kappa shape index (κ1) is 15.5. The molecule has 124 valence electrons. The summed E-state index contributed by atoms with van der Waals surface area (Å²) in [4.78, 5) is 12.8. The highest BCUT2D eigenvalue weighted by Gasteiger charge is 2.20. The number of aromatic hydroxyl groups is 3. The lowest BCUT2D eigenvalue weighted by molar-refractivity contribution is 0.334. The molecule has 24 heavy (non-hydrogen) atoms. The molecular formula is C17H14O7. The predicted octanol–water partition coefficient (Wildman–Crippen LogP) is 2.59. The minimum atomic E-state index is -0.514. The number of hydrogen-bond donors (Lipinski definition) is 3. The molecule has 0 radical (unpaired) electrons. The Hall–Kier alpha value is -3.35. The average Bonchev–Trinajstić information content (AvgIpc) is 2.57. The van der Waals surface area contributed by atoms with Crippen molar-refractivity contribution in [3.63, 3.8) is 0 Å². The maximum atomic E-state index is 12.8. The van der Waals surface area contributed by atoms with Crippen LogP contribution in [-0.2, 0) is 0 Å². The largest absolute Gasteiger partial charge is 0.504 e. The first-order valence-corrected chi connectivity index (χ1v) is 6.89. The Bertz CT molecular complexity index is 988. The van der Waals surface area contributed by atoms with E-state index in [1.807, 2.05) is 0 Å². The minimum absolute atomic E-state index is 0.0167. The zero-order chi connectivity index (χ0) is 17.4. The summed E-state index contributed by atoms with van der Waals surface area (Å²) in [6, 6.07) is 5.37. The van der Waals surface area contributed by atoms with Gasteiger partial charge in [0.05, 0.1) is 19.8 Å². The number of hydrogen-bond acceptors (Lipinski definition) is 7. The highest BCUT2D eigenvalue weighted by molar-refractivity contribution is 5.91. The summed E-state index contributed by atoms with van der Waals surface area (Å²) in [6.45, 7) is 0. The molecule has 0 aliphatic heterocycles. The van der Waals surface area contributed by atoms with E-state index in [1.54, 1.807) is 0 Å². The molecular weight excluding hydrogens is 316 g/mol. The Labute approximate surface area is 135 Å². The van der Waals surface area contributed by atoms with Crippen molar-refractivity contribution >= 4 is 11.0 Å². The van der Waals surface area contributed by atoms with Gasteiger partial charge in [0.15, 0.2) is 23.0 Å². The van der Waals surface area contributed by atoms with Crippen LogP contribution in [0, 0.1) is 0 Å². The molecule has 0 fully saturated rings. The molecule has 0 saturated carbocycles. The van der Waals surface area contributed by atoms with Crippen LogP contribution < -0.4 is 14.9 Å². The standard InChI is InChI=1S/C17H14O7/c1-22-13-6-12-14(16(21)17(13)23-2)15(20)9(7-24-12)8-3-4-10(18)11(19)5-8/h3-7,18-19,21H,1-2H3. The van der Waals surface area contributed by atoms with E-state index in [2.05, 4.69) is 0 Å². The molecule has 7 nitrogen and oxygen atoms in total. The van der Waals surface area contributed by atoms with Crippen LogP contribution in [0.2, 0.25) is 0 Å². The molecule has 0 atom stereocenters. The van der Waals surface area contributed by atoms with Gasteiger partial charge in [0.25, 0.3) is 0 Å². The van der Waals surface area contributed by atoms with Gasteiger partial charge in [-0.25, -0.2) is 0 Å². The lowest BCUT2D eigenvalue weighted by Crippen LogP contribution is -2.06. The van der Waals surface area contributed by atoms with E-state index in [9.17, 15) is 20.1 Å². The van der Waals surface area contributed by atoms with E-state index in [0.717, 1.165) is 0 Å². The third-order valence-corrected chi connectivity index (χ3v) is 3.67. The molecule has 0 aliphatic rings. The summed E-state index contributed by atoms with van der Waals surface area (Å²) >= 11 is 0. The summed E-state index contributed by atoms with van der Waals surface area (Å²) in [5.74, 6) is -0.837. The van der Waals surface area contributed by atoms with Gasteiger partial charge >= 0.3 is 0 Å². The third-order valence-electron chi connectivity index (χ3n) is 3.67. The Kier molecular flexibility index (Phi) is 3.69. The Balaban J connectivity index is 2.33. The SMILES string of the molecule is COc1cc2occ(-c3ccc(O)c(O)c3)c(=O)c2c(O)c1OC. The van der Waals surface area contributed by atoms with Crippen molar-refractivity contribution in [2.24, 2.45) is 0 Å². The number of fused-ring (bicyclic) bond motifs is 1. The number of phenols is 3. The quantitative estimate of drug-likeness (QED) is 0.633. The molecule has 1 heterocycles. The first-order valence-electron chi connectivity index (χ1n) is 6.89. The molecule has 3 rings (SSSR count). The zero-order valence-electron chi connectivity index (χ0n) is 12.9. The van der Waals surface area contributed by atoms with Crippen LogP contribution in [0.5, 0.6) is 28.7 Å². The van der Waals surface area contributed by atoms with Gasteiger partial charge in [-0.1, -0.05) is 6.07 Å². The summed E-state index contributed by atoms with van der Waals surface area (Å²) < 4.78 is 15.6. The number of benzene rings is 2. The van der Waals surface area contributed by atoms with Crippen molar-refractivity contribution in [2.45, 2.75) is 0 Å². The molecule has 2 aromatic carbocycles. The summed E-state index contributed by atoms with van der Waals surface area (Å²) in [7, 11) is 2.74. The number of phenolic OH excluding ortho intramolecular Hbond substituents is 3. The molecule has 0 amide bonds. The maximum absolute atomic E-state index is 12.8. The van der Waals surface area contributed by atoms with Crippen LogP contribution in [0.3, 0.4) is 0 Å². The average molecular weight is 330 g/mol. The second-order valence-corrected chi connectivity index (χ2v) is 5.02. The van der Waals surface area contributed by atoms with Gasteiger partial charge in [0, 0.05) is 6.07 Å². The Morgan fingerprint density at radius 2 is 1.75 bits per heavy atom.